The van der Waals surface area contributed by atoms with Crippen molar-refractivity contribution in [3.05, 3.63) is 46.5 Å². The average molecular weight is 279 g/mol. The van der Waals surface area contributed by atoms with Gasteiger partial charge in [-0.05, 0) is 18.4 Å². The summed E-state index contributed by atoms with van der Waals surface area (Å²) in [6.07, 6.45) is 2.14. The van der Waals surface area contributed by atoms with Crippen LogP contribution >= 0.6 is 0 Å². The summed E-state index contributed by atoms with van der Waals surface area (Å²) in [5, 5.41) is 0. The molecule has 1 aliphatic rings. The first-order chi connectivity index (χ1) is 8.95. The molecule has 1 heterocycles. The van der Waals surface area contributed by atoms with Crippen LogP contribution < -0.4 is 5.73 Å². The molecule has 1 aromatic carbocycles. The fourth-order valence-electron chi connectivity index (χ4n) is 1.89. The molecule has 0 aromatic heterocycles. The van der Waals surface area contributed by atoms with Gasteiger partial charge in [-0.3, -0.25) is 0 Å². The molecule has 0 fully saturated rings. The van der Waals surface area contributed by atoms with E-state index in [0.29, 0.717) is 19.4 Å². The van der Waals surface area contributed by atoms with E-state index in [2.05, 4.69) is 0 Å². The highest BCUT2D eigenvalue weighted by Crippen LogP contribution is 2.32. The van der Waals surface area contributed by atoms with Crippen LogP contribution in [0.2, 0.25) is 0 Å². The predicted octanol–water partition coefficient (Wildman–Crippen LogP) is 3.08. The molecular formula is C12H10F5NO. The zero-order chi connectivity index (χ0) is 14.2. The summed E-state index contributed by atoms with van der Waals surface area (Å²) < 4.78 is 71.0. The number of halogens is 5. The summed E-state index contributed by atoms with van der Waals surface area (Å²) in [6, 6.07) is -1.43. The van der Waals surface area contributed by atoms with Crippen molar-refractivity contribution in [1.82, 2.24) is 0 Å². The van der Waals surface area contributed by atoms with Gasteiger partial charge in [-0.25, -0.2) is 22.0 Å². The summed E-state index contributed by atoms with van der Waals surface area (Å²) in [7, 11) is 0. The normalized spacial score (nSPS) is 16.8. The maximum absolute atomic E-state index is 13.5. The second-order valence-corrected chi connectivity index (χ2v) is 4.13. The largest absolute Gasteiger partial charge is 0.501 e. The Bertz CT molecular complexity index is 514. The van der Waals surface area contributed by atoms with Crippen LogP contribution in [0.25, 0.3) is 0 Å². The third kappa shape index (κ3) is 2.30. The van der Waals surface area contributed by atoms with Crippen LogP contribution in [0.1, 0.15) is 24.4 Å². The molecule has 0 aliphatic carbocycles. The van der Waals surface area contributed by atoms with Gasteiger partial charge in [-0.1, -0.05) is 0 Å². The van der Waals surface area contributed by atoms with Gasteiger partial charge in [0.25, 0.3) is 0 Å². The quantitative estimate of drug-likeness (QED) is 0.513. The van der Waals surface area contributed by atoms with Crippen LogP contribution in [0, 0.1) is 29.1 Å². The van der Waals surface area contributed by atoms with Crippen LogP contribution in [0.3, 0.4) is 0 Å². The van der Waals surface area contributed by atoms with Crippen molar-refractivity contribution < 1.29 is 26.7 Å². The van der Waals surface area contributed by atoms with E-state index in [1.165, 1.54) is 6.26 Å². The Hall–Kier alpha value is -1.63. The fourth-order valence-corrected chi connectivity index (χ4v) is 1.89. The van der Waals surface area contributed by atoms with Gasteiger partial charge in [0.1, 0.15) is 0 Å². The predicted molar refractivity (Wildman–Crippen MR) is 56.4 cm³/mol. The number of ether oxygens (including phenoxy) is 1. The Balaban J connectivity index is 2.53. The first-order valence-electron chi connectivity index (χ1n) is 5.52. The van der Waals surface area contributed by atoms with Gasteiger partial charge >= 0.3 is 0 Å². The maximum Gasteiger partial charge on any atom is 0.200 e. The molecule has 0 saturated carbocycles. The number of hydrogen-bond acceptors (Lipinski definition) is 2. The summed E-state index contributed by atoms with van der Waals surface area (Å²) in [5.74, 6) is -10.0. The van der Waals surface area contributed by atoms with Crippen molar-refractivity contribution >= 4 is 0 Å². The van der Waals surface area contributed by atoms with Crippen LogP contribution in [0.15, 0.2) is 11.8 Å². The second kappa shape index (κ2) is 5.16. The zero-order valence-corrected chi connectivity index (χ0v) is 9.65. The van der Waals surface area contributed by atoms with Gasteiger partial charge in [0.15, 0.2) is 23.3 Å². The second-order valence-electron chi connectivity index (χ2n) is 4.13. The molecule has 1 aromatic rings. The van der Waals surface area contributed by atoms with Crippen molar-refractivity contribution in [2.24, 2.45) is 5.73 Å². The molecule has 2 nitrogen and oxygen atoms in total. The van der Waals surface area contributed by atoms with Crippen molar-refractivity contribution in [1.29, 1.82) is 0 Å². The lowest BCUT2D eigenvalue weighted by Gasteiger charge is -2.21. The Labute approximate surface area is 105 Å². The molecule has 0 amide bonds. The van der Waals surface area contributed by atoms with Crippen molar-refractivity contribution in [3.63, 3.8) is 0 Å². The number of nitrogens with two attached hydrogens (primary N) is 1. The van der Waals surface area contributed by atoms with Crippen LogP contribution in [0.5, 0.6) is 0 Å². The monoisotopic (exact) mass is 279 g/mol. The Morgan fingerprint density at radius 2 is 1.47 bits per heavy atom. The van der Waals surface area contributed by atoms with Crippen LogP contribution in [-0.2, 0) is 4.74 Å². The SMILES string of the molecule is NC(C1=COCCC1)c1c(F)c(F)c(F)c(F)c1F. The first-order valence-corrected chi connectivity index (χ1v) is 5.52. The lowest BCUT2D eigenvalue weighted by atomic mass is 9.95. The van der Waals surface area contributed by atoms with E-state index >= 15 is 0 Å². The van der Waals surface area contributed by atoms with Crippen LogP contribution in [-0.4, -0.2) is 6.61 Å². The molecule has 7 heteroatoms. The van der Waals surface area contributed by atoms with Crippen molar-refractivity contribution in [3.8, 4) is 0 Å². The highest BCUT2D eigenvalue weighted by atomic mass is 19.2. The van der Waals surface area contributed by atoms with E-state index in [1.54, 1.807) is 0 Å². The summed E-state index contributed by atoms with van der Waals surface area (Å²) in [6.45, 7) is 0.424. The van der Waals surface area contributed by atoms with Crippen molar-refractivity contribution in [2.45, 2.75) is 18.9 Å². The highest BCUT2D eigenvalue weighted by Gasteiger charge is 2.30. The van der Waals surface area contributed by atoms with E-state index in [-0.39, 0.29) is 5.57 Å². The molecule has 0 spiro atoms. The minimum absolute atomic E-state index is 0.287. The minimum atomic E-state index is -2.19. The van der Waals surface area contributed by atoms with Crippen LogP contribution in [0.4, 0.5) is 22.0 Å². The van der Waals surface area contributed by atoms with Gasteiger partial charge < -0.3 is 10.5 Å². The van der Waals surface area contributed by atoms with E-state index in [9.17, 15) is 22.0 Å². The Morgan fingerprint density at radius 1 is 0.947 bits per heavy atom. The smallest absolute Gasteiger partial charge is 0.200 e. The summed E-state index contributed by atoms with van der Waals surface area (Å²) >= 11 is 0. The molecule has 104 valence electrons. The van der Waals surface area contributed by atoms with Gasteiger partial charge in [0.2, 0.25) is 5.82 Å². The Morgan fingerprint density at radius 3 is 1.95 bits per heavy atom. The zero-order valence-electron chi connectivity index (χ0n) is 9.65. The number of rotatable bonds is 2. The van der Waals surface area contributed by atoms with Gasteiger partial charge in [0.05, 0.1) is 24.5 Å². The molecule has 0 saturated heterocycles. The van der Waals surface area contributed by atoms with E-state index in [0.717, 1.165) is 0 Å². The third-order valence-corrected chi connectivity index (χ3v) is 2.92. The number of benzene rings is 1. The molecule has 2 rings (SSSR count). The van der Waals surface area contributed by atoms with Gasteiger partial charge in [-0.2, -0.15) is 0 Å². The third-order valence-electron chi connectivity index (χ3n) is 2.92. The summed E-state index contributed by atoms with van der Waals surface area (Å²) in [5.41, 5.74) is 4.83. The molecule has 19 heavy (non-hydrogen) atoms. The molecule has 1 unspecified atom stereocenters. The van der Waals surface area contributed by atoms with E-state index < -0.39 is 40.7 Å². The molecule has 0 bridgehead atoms. The average Bonchev–Trinajstić information content (AvgIpc) is 2.44. The molecule has 1 atom stereocenters. The molecule has 2 N–H and O–H groups in total. The Kier molecular flexibility index (Phi) is 3.75. The molecule has 0 radical (unpaired) electrons. The van der Waals surface area contributed by atoms with Gasteiger partial charge in [0, 0.05) is 0 Å². The molecular weight excluding hydrogens is 269 g/mol. The standard InChI is InChI=1S/C12H10F5NO/c13-7-6(8(14)10(16)11(17)9(7)15)12(18)5-2-1-3-19-4-5/h4,12H,1-3,18H2. The molecule has 1 aliphatic heterocycles. The lowest BCUT2D eigenvalue weighted by Crippen LogP contribution is -2.21. The van der Waals surface area contributed by atoms with Gasteiger partial charge in [-0.15, -0.1) is 0 Å². The number of hydrogen-bond donors (Lipinski definition) is 1. The van der Waals surface area contributed by atoms with E-state index in [4.69, 9.17) is 10.5 Å². The lowest BCUT2D eigenvalue weighted by molar-refractivity contribution is 0.220. The maximum atomic E-state index is 13.5. The highest BCUT2D eigenvalue weighted by molar-refractivity contribution is 5.32. The minimum Gasteiger partial charge on any atom is -0.501 e. The first kappa shape index (κ1) is 13.8. The topological polar surface area (TPSA) is 35.2 Å². The summed E-state index contributed by atoms with van der Waals surface area (Å²) in [4.78, 5) is 0. The van der Waals surface area contributed by atoms with E-state index in [1.807, 2.05) is 0 Å². The fraction of sp³-hybridized carbons (Fsp3) is 0.333. The van der Waals surface area contributed by atoms with Crippen molar-refractivity contribution in [2.75, 3.05) is 6.61 Å².